The Balaban J connectivity index is 1.34. The van der Waals surface area contributed by atoms with E-state index in [1.807, 2.05) is 0 Å². The molecule has 2 heteroatoms. The molecule has 0 aromatic rings. The number of hydrogen-bond donors (Lipinski definition) is 2. The lowest BCUT2D eigenvalue weighted by molar-refractivity contribution is -0.114. The molecule has 22 heavy (non-hydrogen) atoms. The zero-order valence-electron chi connectivity index (χ0n) is 15.2. The molecule has 0 spiro atoms. The molecule has 0 aliphatic heterocycles. The van der Waals surface area contributed by atoms with Gasteiger partial charge in [-0.15, -0.1) is 0 Å². The molecule has 128 valence electrons. The molecule has 0 heterocycles. The summed E-state index contributed by atoms with van der Waals surface area (Å²) in [5, 5.41) is 7.69. The van der Waals surface area contributed by atoms with Gasteiger partial charge in [0.2, 0.25) is 0 Å². The Labute approximate surface area is 138 Å². The molecule has 1 unspecified atom stereocenters. The predicted molar refractivity (Wildman–Crippen MR) is 95.1 cm³/mol. The van der Waals surface area contributed by atoms with E-state index in [0.29, 0.717) is 5.41 Å². The van der Waals surface area contributed by atoms with E-state index >= 15 is 0 Å². The fraction of sp³-hybridized carbons (Fsp3) is 1.00. The largest absolute Gasteiger partial charge is 0.313 e. The summed E-state index contributed by atoms with van der Waals surface area (Å²) in [7, 11) is 0. The minimum Gasteiger partial charge on any atom is -0.313 e. The van der Waals surface area contributed by atoms with Crippen molar-refractivity contribution in [1.82, 2.24) is 10.6 Å². The molecule has 2 bridgehead atoms. The first-order valence-electron chi connectivity index (χ1n) is 10.1. The Morgan fingerprint density at radius 2 is 1.50 bits per heavy atom. The molecular formula is C20H38N2. The molecule has 0 amide bonds. The number of rotatable bonds is 5. The molecule has 0 aromatic heterocycles. The Hall–Kier alpha value is -0.0800. The maximum atomic E-state index is 3.88. The van der Waals surface area contributed by atoms with Crippen molar-refractivity contribution in [3.8, 4) is 0 Å². The van der Waals surface area contributed by atoms with Crippen LogP contribution in [0.1, 0.15) is 78.6 Å². The van der Waals surface area contributed by atoms with Crippen molar-refractivity contribution in [2.75, 3.05) is 13.1 Å². The Morgan fingerprint density at radius 3 is 2.14 bits per heavy atom. The predicted octanol–water partition coefficient (Wildman–Crippen LogP) is 4.35. The number of fused-ring (bicyclic) bond motifs is 2. The molecule has 4 rings (SSSR count). The van der Waals surface area contributed by atoms with Gasteiger partial charge in [-0.05, 0) is 48.9 Å². The van der Waals surface area contributed by atoms with Crippen LogP contribution in [0, 0.1) is 23.2 Å². The Bertz CT molecular complexity index is 344. The van der Waals surface area contributed by atoms with Crippen LogP contribution in [0.4, 0.5) is 0 Å². The summed E-state index contributed by atoms with van der Waals surface area (Å²) in [6, 6.07) is 1.56. The second-order valence-corrected chi connectivity index (χ2v) is 9.01. The molecular weight excluding hydrogens is 268 g/mol. The topological polar surface area (TPSA) is 24.1 Å². The second-order valence-electron chi connectivity index (χ2n) is 9.01. The van der Waals surface area contributed by atoms with E-state index in [2.05, 4.69) is 31.4 Å². The quantitative estimate of drug-likeness (QED) is 0.738. The van der Waals surface area contributed by atoms with E-state index in [-0.39, 0.29) is 0 Å². The third-order valence-corrected chi connectivity index (χ3v) is 7.42. The summed E-state index contributed by atoms with van der Waals surface area (Å²) in [5.41, 5.74) is 0.620. The van der Waals surface area contributed by atoms with Crippen molar-refractivity contribution in [1.29, 1.82) is 0 Å². The zero-order chi connectivity index (χ0) is 15.6. The highest BCUT2D eigenvalue weighted by Crippen LogP contribution is 2.61. The summed E-state index contributed by atoms with van der Waals surface area (Å²) in [6.07, 6.45) is 12.9. The number of nitrogens with one attached hydrogen (secondary N) is 2. The van der Waals surface area contributed by atoms with Crippen molar-refractivity contribution >= 4 is 0 Å². The molecule has 4 aliphatic carbocycles. The molecule has 0 saturated heterocycles. The molecule has 4 atom stereocenters. The highest BCUT2D eigenvalue weighted by molar-refractivity contribution is 5.06. The summed E-state index contributed by atoms with van der Waals surface area (Å²) in [6.45, 7) is 9.79. The monoisotopic (exact) mass is 306 g/mol. The first-order chi connectivity index (χ1) is 10.6. The van der Waals surface area contributed by atoms with Crippen molar-refractivity contribution in [3.63, 3.8) is 0 Å². The van der Waals surface area contributed by atoms with Gasteiger partial charge in [-0.25, -0.2) is 0 Å². The van der Waals surface area contributed by atoms with E-state index in [9.17, 15) is 0 Å². The van der Waals surface area contributed by atoms with Crippen LogP contribution in [0.5, 0.6) is 0 Å². The normalized spacial score (nSPS) is 38.9. The summed E-state index contributed by atoms with van der Waals surface area (Å²) in [4.78, 5) is 0. The Morgan fingerprint density at radius 1 is 0.864 bits per heavy atom. The molecule has 0 radical (unpaired) electrons. The molecule has 4 fully saturated rings. The Kier molecular flexibility index (Phi) is 5.50. The standard InChI is InChI=1S/C20H38N2/c1-15-18-13-16(20(18,2)3)14-19(15)22-12-11-21-17-9-7-5-4-6-8-10-17/h15-19,21-22H,4-14H2,1-3H3/t15-,16-,18?,19-/m1/s1. The molecule has 4 saturated carbocycles. The van der Waals surface area contributed by atoms with Crippen molar-refractivity contribution in [3.05, 3.63) is 0 Å². The van der Waals surface area contributed by atoms with Gasteiger partial charge in [0, 0.05) is 25.2 Å². The van der Waals surface area contributed by atoms with Gasteiger partial charge in [0.1, 0.15) is 0 Å². The van der Waals surface area contributed by atoms with Crippen molar-refractivity contribution in [2.45, 2.75) is 90.6 Å². The average Bonchev–Trinajstić information content (AvgIpc) is 2.46. The van der Waals surface area contributed by atoms with Gasteiger partial charge in [-0.2, -0.15) is 0 Å². The van der Waals surface area contributed by atoms with Crippen LogP contribution in [0.2, 0.25) is 0 Å². The van der Waals surface area contributed by atoms with Crippen LogP contribution in [0.15, 0.2) is 0 Å². The minimum atomic E-state index is 0.620. The molecule has 0 aromatic carbocycles. The van der Waals surface area contributed by atoms with Crippen LogP contribution >= 0.6 is 0 Å². The minimum absolute atomic E-state index is 0.620. The fourth-order valence-corrected chi connectivity index (χ4v) is 5.61. The van der Waals surface area contributed by atoms with Crippen molar-refractivity contribution < 1.29 is 0 Å². The van der Waals surface area contributed by atoms with Gasteiger partial charge < -0.3 is 10.6 Å². The van der Waals surface area contributed by atoms with Gasteiger partial charge in [-0.3, -0.25) is 0 Å². The van der Waals surface area contributed by atoms with Crippen LogP contribution in [-0.2, 0) is 0 Å². The first kappa shape index (κ1) is 16.8. The van der Waals surface area contributed by atoms with Gasteiger partial charge in [0.25, 0.3) is 0 Å². The summed E-state index contributed by atoms with van der Waals surface area (Å²) < 4.78 is 0. The maximum Gasteiger partial charge on any atom is 0.00989 e. The lowest BCUT2D eigenvalue weighted by atomic mass is 9.45. The molecule has 2 nitrogen and oxygen atoms in total. The van der Waals surface area contributed by atoms with Crippen LogP contribution in [-0.4, -0.2) is 25.2 Å². The molecule has 4 aliphatic rings. The van der Waals surface area contributed by atoms with Crippen molar-refractivity contribution in [2.24, 2.45) is 23.2 Å². The number of hydrogen-bond acceptors (Lipinski definition) is 2. The molecule has 2 N–H and O–H groups in total. The highest BCUT2D eigenvalue weighted by atomic mass is 15.0. The van der Waals surface area contributed by atoms with Crippen LogP contribution in [0.25, 0.3) is 0 Å². The third kappa shape index (κ3) is 3.53. The lowest BCUT2D eigenvalue weighted by Gasteiger charge is -2.62. The lowest BCUT2D eigenvalue weighted by Crippen LogP contribution is -2.60. The fourth-order valence-electron chi connectivity index (χ4n) is 5.61. The van der Waals surface area contributed by atoms with Gasteiger partial charge in [0.05, 0.1) is 0 Å². The van der Waals surface area contributed by atoms with Gasteiger partial charge in [0.15, 0.2) is 0 Å². The van der Waals surface area contributed by atoms with E-state index in [0.717, 1.165) is 42.9 Å². The first-order valence-corrected chi connectivity index (χ1v) is 10.1. The van der Waals surface area contributed by atoms with E-state index in [1.165, 1.54) is 57.8 Å². The highest BCUT2D eigenvalue weighted by Gasteiger charge is 2.55. The SMILES string of the molecule is C[C@@H]1C2C[C@H](C[C@H]1NCCNC1CCCCCCC1)C2(C)C. The van der Waals surface area contributed by atoms with Gasteiger partial charge in [-0.1, -0.05) is 52.9 Å². The van der Waals surface area contributed by atoms with Crippen LogP contribution < -0.4 is 10.6 Å². The average molecular weight is 307 g/mol. The van der Waals surface area contributed by atoms with E-state index < -0.39 is 0 Å². The summed E-state index contributed by atoms with van der Waals surface area (Å²) in [5.74, 6) is 2.80. The van der Waals surface area contributed by atoms with E-state index in [1.54, 1.807) is 0 Å². The summed E-state index contributed by atoms with van der Waals surface area (Å²) >= 11 is 0. The van der Waals surface area contributed by atoms with Gasteiger partial charge >= 0.3 is 0 Å². The van der Waals surface area contributed by atoms with E-state index in [4.69, 9.17) is 0 Å². The second kappa shape index (κ2) is 7.21. The third-order valence-electron chi connectivity index (χ3n) is 7.42. The zero-order valence-corrected chi connectivity index (χ0v) is 15.2. The maximum absolute atomic E-state index is 3.88. The smallest absolute Gasteiger partial charge is 0.00989 e. The van der Waals surface area contributed by atoms with Crippen LogP contribution in [0.3, 0.4) is 0 Å².